The molecule has 1 amide bonds. The third-order valence-corrected chi connectivity index (χ3v) is 4.51. The van der Waals surface area contributed by atoms with Gasteiger partial charge in [0.1, 0.15) is 5.69 Å². The SMILES string of the molecule is Cc1ccc(C(O)(C(N)=O)C(F)F)cc1-c1cnc(N)c(-c2ccnn2C)n1. The molecule has 0 aliphatic rings. The Kier molecular flexibility index (Phi) is 4.82. The van der Waals surface area contributed by atoms with Crippen molar-refractivity contribution in [1.82, 2.24) is 19.7 Å². The van der Waals surface area contributed by atoms with Gasteiger partial charge in [0, 0.05) is 18.8 Å². The molecule has 28 heavy (non-hydrogen) atoms. The van der Waals surface area contributed by atoms with E-state index in [1.165, 1.54) is 24.4 Å². The van der Waals surface area contributed by atoms with Gasteiger partial charge in [0.2, 0.25) is 5.60 Å². The maximum absolute atomic E-state index is 13.4. The van der Waals surface area contributed by atoms with Crippen LogP contribution >= 0.6 is 0 Å². The van der Waals surface area contributed by atoms with Gasteiger partial charge in [-0.2, -0.15) is 5.10 Å². The van der Waals surface area contributed by atoms with E-state index in [9.17, 15) is 18.7 Å². The fraction of sp³-hybridized carbons (Fsp3) is 0.222. The molecule has 0 saturated carbocycles. The first kappa shape index (κ1) is 19.4. The van der Waals surface area contributed by atoms with Crippen molar-refractivity contribution >= 4 is 11.7 Å². The molecular formula is C18H18F2N6O2. The number of hydrogen-bond donors (Lipinski definition) is 3. The molecule has 1 aromatic carbocycles. The van der Waals surface area contributed by atoms with E-state index >= 15 is 0 Å². The molecular weight excluding hydrogens is 370 g/mol. The molecule has 2 aromatic heterocycles. The Morgan fingerprint density at radius 3 is 2.61 bits per heavy atom. The van der Waals surface area contributed by atoms with Crippen molar-refractivity contribution in [2.75, 3.05) is 5.73 Å². The van der Waals surface area contributed by atoms with E-state index in [-0.39, 0.29) is 11.4 Å². The number of anilines is 1. The van der Waals surface area contributed by atoms with Gasteiger partial charge in [-0.25, -0.2) is 18.7 Å². The van der Waals surface area contributed by atoms with Gasteiger partial charge in [-0.15, -0.1) is 0 Å². The van der Waals surface area contributed by atoms with Gasteiger partial charge >= 0.3 is 0 Å². The van der Waals surface area contributed by atoms with Crippen molar-refractivity contribution in [2.24, 2.45) is 12.8 Å². The highest BCUT2D eigenvalue weighted by molar-refractivity contribution is 5.86. The van der Waals surface area contributed by atoms with Crippen molar-refractivity contribution < 1.29 is 18.7 Å². The number of carbonyl (C=O) groups excluding carboxylic acids is 1. The lowest BCUT2D eigenvalue weighted by Crippen LogP contribution is -2.47. The summed E-state index contributed by atoms with van der Waals surface area (Å²) in [5, 5.41) is 14.3. The van der Waals surface area contributed by atoms with Gasteiger partial charge in [-0.3, -0.25) is 9.48 Å². The number of aryl methyl sites for hydroxylation is 2. The highest BCUT2D eigenvalue weighted by atomic mass is 19.3. The van der Waals surface area contributed by atoms with E-state index < -0.39 is 17.9 Å². The molecule has 1 atom stereocenters. The lowest BCUT2D eigenvalue weighted by atomic mass is 9.90. The first-order valence-electron chi connectivity index (χ1n) is 8.19. The quantitative estimate of drug-likeness (QED) is 0.605. The number of aromatic nitrogens is 4. The number of alkyl halides is 2. The zero-order valence-electron chi connectivity index (χ0n) is 15.1. The molecule has 8 nitrogen and oxygen atoms in total. The minimum Gasteiger partial charge on any atom is -0.382 e. The van der Waals surface area contributed by atoms with Crippen LogP contribution in [0.2, 0.25) is 0 Å². The minimum absolute atomic E-state index is 0.169. The van der Waals surface area contributed by atoms with E-state index in [1.807, 2.05) is 0 Å². The predicted molar refractivity (Wildman–Crippen MR) is 97.9 cm³/mol. The highest BCUT2D eigenvalue weighted by Gasteiger charge is 2.46. The van der Waals surface area contributed by atoms with E-state index in [1.54, 1.807) is 30.9 Å². The van der Waals surface area contributed by atoms with Crippen LogP contribution in [0, 0.1) is 6.92 Å². The first-order valence-corrected chi connectivity index (χ1v) is 8.19. The van der Waals surface area contributed by atoms with Crippen molar-refractivity contribution in [1.29, 1.82) is 0 Å². The van der Waals surface area contributed by atoms with Crippen LogP contribution in [0.25, 0.3) is 22.6 Å². The average molecular weight is 388 g/mol. The maximum atomic E-state index is 13.4. The van der Waals surface area contributed by atoms with Crippen LogP contribution in [0.1, 0.15) is 11.1 Å². The van der Waals surface area contributed by atoms with Crippen molar-refractivity contribution in [2.45, 2.75) is 19.0 Å². The summed E-state index contributed by atoms with van der Waals surface area (Å²) < 4.78 is 28.4. The van der Waals surface area contributed by atoms with Crippen LogP contribution in [0.5, 0.6) is 0 Å². The number of nitrogen functional groups attached to an aromatic ring is 1. The molecule has 0 spiro atoms. The fourth-order valence-corrected chi connectivity index (χ4v) is 2.83. The molecule has 0 aliphatic heterocycles. The second kappa shape index (κ2) is 6.97. The summed E-state index contributed by atoms with van der Waals surface area (Å²) in [5.41, 5.74) is 9.87. The maximum Gasteiger partial charge on any atom is 0.280 e. The topological polar surface area (TPSA) is 133 Å². The minimum atomic E-state index is -3.40. The summed E-state index contributed by atoms with van der Waals surface area (Å²) >= 11 is 0. The summed E-state index contributed by atoms with van der Waals surface area (Å²) in [7, 11) is 1.71. The first-order chi connectivity index (χ1) is 13.2. The van der Waals surface area contributed by atoms with Crippen LogP contribution in [0.3, 0.4) is 0 Å². The highest BCUT2D eigenvalue weighted by Crippen LogP contribution is 2.33. The largest absolute Gasteiger partial charge is 0.382 e. The fourth-order valence-electron chi connectivity index (χ4n) is 2.83. The van der Waals surface area contributed by atoms with Crippen molar-refractivity contribution in [3.05, 3.63) is 47.8 Å². The summed E-state index contributed by atoms with van der Waals surface area (Å²) in [5.74, 6) is -1.38. The van der Waals surface area contributed by atoms with Gasteiger partial charge < -0.3 is 16.6 Å². The summed E-state index contributed by atoms with van der Waals surface area (Å²) in [6.07, 6.45) is -0.444. The normalized spacial score (nSPS) is 13.5. The Hall–Kier alpha value is -3.40. The zero-order chi connectivity index (χ0) is 20.6. The molecule has 3 aromatic rings. The predicted octanol–water partition coefficient (Wildman–Crippen LogP) is 1.37. The number of rotatable bonds is 5. The monoisotopic (exact) mass is 388 g/mol. The molecule has 146 valence electrons. The Morgan fingerprint density at radius 2 is 2.04 bits per heavy atom. The molecule has 0 fully saturated rings. The molecule has 1 unspecified atom stereocenters. The van der Waals surface area contributed by atoms with Crippen LogP contribution in [0.15, 0.2) is 36.7 Å². The van der Waals surface area contributed by atoms with Crippen LogP contribution in [-0.2, 0) is 17.4 Å². The molecule has 3 rings (SSSR count). The van der Waals surface area contributed by atoms with Crippen LogP contribution in [0.4, 0.5) is 14.6 Å². The Bertz CT molecular complexity index is 1050. The number of nitrogens with zero attached hydrogens (tertiary/aromatic N) is 4. The molecule has 5 N–H and O–H groups in total. The summed E-state index contributed by atoms with van der Waals surface area (Å²) in [6.45, 7) is 1.73. The smallest absolute Gasteiger partial charge is 0.280 e. The number of halogens is 2. The van der Waals surface area contributed by atoms with Gasteiger partial charge in [-0.05, 0) is 30.2 Å². The molecule has 0 saturated heterocycles. The average Bonchev–Trinajstić information content (AvgIpc) is 3.07. The molecule has 10 heteroatoms. The van der Waals surface area contributed by atoms with Crippen molar-refractivity contribution in [3.8, 4) is 22.6 Å². The van der Waals surface area contributed by atoms with Gasteiger partial charge in [-0.1, -0.05) is 12.1 Å². The van der Waals surface area contributed by atoms with E-state index in [0.29, 0.717) is 28.2 Å². The number of benzene rings is 1. The standard InChI is InChI=1S/C18H18F2N6O2/c1-9-3-4-10(18(28,16(19)20)17(22)27)7-11(9)12-8-23-15(21)14(25-12)13-5-6-24-26(13)2/h3-8,16,28H,1-2H3,(H2,21,23)(H2,22,27). The van der Waals surface area contributed by atoms with E-state index in [4.69, 9.17) is 11.5 Å². The second-order valence-corrected chi connectivity index (χ2v) is 6.29. The Morgan fingerprint density at radius 1 is 1.32 bits per heavy atom. The van der Waals surface area contributed by atoms with E-state index in [2.05, 4.69) is 15.1 Å². The Balaban J connectivity index is 2.18. The molecule has 2 heterocycles. The zero-order valence-corrected chi connectivity index (χ0v) is 15.1. The lowest BCUT2D eigenvalue weighted by molar-refractivity contribution is -0.156. The van der Waals surface area contributed by atoms with Gasteiger partial charge in [0.15, 0.2) is 5.82 Å². The van der Waals surface area contributed by atoms with Crippen LogP contribution < -0.4 is 11.5 Å². The number of primary amides is 1. The molecule has 0 radical (unpaired) electrons. The molecule has 0 bridgehead atoms. The lowest BCUT2D eigenvalue weighted by Gasteiger charge is -2.25. The Labute approximate surface area is 158 Å². The number of nitrogens with two attached hydrogens (primary N) is 2. The van der Waals surface area contributed by atoms with Gasteiger partial charge in [0.25, 0.3) is 12.3 Å². The number of hydrogen-bond acceptors (Lipinski definition) is 6. The third-order valence-electron chi connectivity index (χ3n) is 4.51. The third kappa shape index (κ3) is 3.07. The number of amides is 1. The summed E-state index contributed by atoms with van der Waals surface area (Å²) in [4.78, 5) is 20.1. The van der Waals surface area contributed by atoms with Crippen LogP contribution in [-0.4, -0.2) is 37.2 Å². The number of aliphatic hydroxyl groups is 1. The summed E-state index contributed by atoms with van der Waals surface area (Å²) in [6, 6.07) is 5.67. The van der Waals surface area contributed by atoms with E-state index in [0.717, 1.165) is 0 Å². The number of carbonyl (C=O) groups is 1. The second-order valence-electron chi connectivity index (χ2n) is 6.29. The van der Waals surface area contributed by atoms with Gasteiger partial charge in [0.05, 0.1) is 17.6 Å². The van der Waals surface area contributed by atoms with Crippen molar-refractivity contribution in [3.63, 3.8) is 0 Å². The molecule has 0 aliphatic carbocycles.